The van der Waals surface area contributed by atoms with E-state index in [4.69, 9.17) is 5.14 Å². The zero-order valence-corrected chi connectivity index (χ0v) is 13.0. The number of sulfonamides is 1. The van der Waals surface area contributed by atoms with Crippen molar-refractivity contribution in [1.29, 1.82) is 0 Å². The summed E-state index contributed by atoms with van der Waals surface area (Å²) >= 11 is 0. The molecule has 0 aromatic heterocycles. The molecule has 0 saturated carbocycles. The number of benzene rings is 1. The van der Waals surface area contributed by atoms with Gasteiger partial charge in [-0.2, -0.15) is 0 Å². The van der Waals surface area contributed by atoms with Crippen molar-refractivity contribution in [3.8, 4) is 0 Å². The summed E-state index contributed by atoms with van der Waals surface area (Å²) in [6.07, 6.45) is 0. The molecule has 1 rings (SSSR count). The van der Waals surface area contributed by atoms with Gasteiger partial charge >= 0.3 is 0 Å². The Kier molecular flexibility index (Phi) is 5.71. The van der Waals surface area contributed by atoms with E-state index < -0.39 is 10.0 Å². The van der Waals surface area contributed by atoms with Gasteiger partial charge in [-0.3, -0.25) is 4.79 Å². The number of carbonyl (C=O) groups excluding carboxylic acids is 1. The standard InChI is InChI=1S/C14H22N2O3S/c1-4-16(9-11(2)3)14(17)13-7-5-12(6-8-13)10-20(15,18)19/h5-8,11H,4,9-10H2,1-3H3,(H2,15,18,19). The van der Waals surface area contributed by atoms with Crippen molar-refractivity contribution in [1.82, 2.24) is 4.90 Å². The second-order valence-corrected chi connectivity index (χ2v) is 6.86. The normalized spacial score (nSPS) is 11.7. The predicted molar refractivity (Wildman–Crippen MR) is 79.7 cm³/mol. The third-order valence-electron chi connectivity index (χ3n) is 2.82. The quantitative estimate of drug-likeness (QED) is 0.866. The zero-order chi connectivity index (χ0) is 15.3. The molecule has 20 heavy (non-hydrogen) atoms. The summed E-state index contributed by atoms with van der Waals surface area (Å²) < 4.78 is 22.0. The lowest BCUT2D eigenvalue weighted by Crippen LogP contribution is -2.34. The zero-order valence-electron chi connectivity index (χ0n) is 12.2. The molecule has 0 aliphatic rings. The average Bonchev–Trinajstić information content (AvgIpc) is 2.34. The second kappa shape index (κ2) is 6.85. The Morgan fingerprint density at radius 1 is 1.25 bits per heavy atom. The fourth-order valence-corrected chi connectivity index (χ4v) is 2.61. The van der Waals surface area contributed by atoms with Gasteiger partial charge in [-0.25, -0.2) is 13.6 Å². The number of carbonyl (C=O) groups is 1. The van der Waals surface area contributed by atoms with Gasteiger partial charge in [0.1, 0.15) is 0 Å². The highest BCUT2D eigenvalue weighted by Gasteiger charge is 2.15. The van der Waals surface area contributed by atoms with Gasteiger partial charge in [-0.05, 0) is 30.5 Å². The smallest absolute Gasteiger partial charge is 0.253 e. The fraction of sp³-hybridized carbons (Fsp3) is 0.500. The Balaban J connectivity index is 2.84. The summed E-state index contributed by atoms with van der Waals surface area (Å²) in [7, 11) is -3.54. The minimum atomic E-state index is -3.54. The minimum absolute atomic E-state index is 0.0386. The van der Waals surface area contributed by atoms with Gasteiger partial charge in [0, 0.05) is 18.7 Å². The maximum Gasteiger partial charge on any atom is 0.253 e. The lowest BCUT2D eigenvalue weighted by Gasteiger charge is -2.23. The highest BCUT2D eigenvalue weighted by atomic mass is 32.2. The lowest BCUT2D eigenvalue weighted by molar-refractivity contribution is 0.0746. The van der Waals surface area contributed by atoms with Crippen LogP contribution >= 0.6 is 0 Å². The largest absolute Gasteiger partial charge is 0.339 e. The van der Waals surface area contributed by atoms with Crippen molar-refractivity contribution in [3.63, 3.8) is 0 Å². The van der Waals surface area contributed by atoms with Gasteiger partial charge in [-0.1, -0.05) is 26.0 Å². The van der Waals surface area contributed by atoms with Crippen molar-refractivity contribution in [3.05, 3.63) is 35.4 Å². The number of rotatable bonds is 6. The van der Waals surface area contributed by atoms with Crippen LogP contribution in [-0.2, 0) is 15.8 Å². The predicted octanol–water partition coefficient (Wildman–Crippen LogP) is 1.59. The third-order valence-corrected chi connectivity index (χ3v) is 3.56. The van der Waals surface area contributed by atoms with Crippen molar-refractivity contribution in [2.45, 2.75) is 26.5 Å². The van der Waals surface area contributed by atoms with Crippen molar-refractivity contribution >= 4 is 15.9 Å². The number of amides is 1. The summed E-state index contributed by atoms with van der Waals surface area (Å²) in [5, 5.41) is 4.99. The van der Waals surface area contributed by atoms with Crippen LogP contribution < -0.4 is 5.14 Å². The molecule has 0 fully saturated rings. The Labute approximate surface area is 120 Å². The van der Waals surface area contributed by atoms with Gasteiger partial charge in [0.15, 0.2) is 0 Å². The molecule has 0 bridgehead atoms. The van der Waals surface area contributed by atoms with Gasteiger partial charge in [0.2, 0.25) is 10.0 Å². The molecule has 0 unspecified atom stereocenters. The Morgan fingerprint density at radius 3 is 2.20 bits per heavy atom. The SMILES string of the molecule is CCN(CC(C)C)C(=O)c1ccc(CS(N)(=O)=O)cc1. The molecule has 0 aliphatic heterocycles. The van der Waals surface area contributed by atoms with E-state index in [1.165, 1.54) is 0 Å². The molecule has 112 valence electrons. The number of hydrogen-bond acceptors (Lipinski definition) is 3. The molecule has 1 aromatic carbocycles. The van der Waals surface area contributed by atoms with Crippen LogP contribution in [0, 0.1) is 5.92 Å². The number of nitrogens with zero attached hydrogens (tertiary/aromatic N) is 1. The number of primary sulfonamides is 1. The first kappa shape index (κ1) is 16.7. The van der Waals surface area contributed by atoms with Gasteiger partial charge in [-0.15, -0.1) is 0 Å². The van der Waals surface area contributed by atoms with Crippen molar-refractivity contribution < 1.29 is 13.2 Å². The highest BCUT2D eigenvalue weighted by Crippen LogP contribution is 2.11. The molecule has 0 radical (unpaired) electrons. The highest BCUT2D eigenvalue weighted by molar-refractivity contribution is 7.88. The van der Waals surface area contributed by atoms with Gasteiger partial charge in [0.25, 0.3) is 5.91 Å². The third kappa shape index (κ3) is 5.30. The summed E-state index contributed by atoms with van der Waals surface area (Å²) in [4.78, 5) is 14.1. The number of nitrogens with two attached hydrogens (primary N) is 1. The summed E-state index contributed by atoms with van der Waals surface area (Å²) in [5.41, 5.74) is 1.14. The summed E-state index contributed by atoms with van der Waals surface area (Å²) in [6, 6.07) is 6.54. The lowest BCUT2D eigenvalue weighted by atomic mass is 10.1. The maximum atomic E-state index is 12.3. The van der Waals surface area contributed by atoms with E-state index in [9.17, 15) is 13.2 Å². The van der Waals surface area contributed by atoms with Crippen LogP contribution in [0.3, 0.4) is 0 Å². The van der Waals surface area contributed by atoms with Crippen LogP contribution in [0.1, 0.15) is 36.7 Å². The van der Waals surface area contributed by atoms with E-state index >= 15 is 0 Å². The molecular formula is C14H22N2O3S. The van der Waals surface area contributed by atoms with Crippen LogP contribution in [-0.4, -0.2) is 32.3 Å². The van der Waals surface area contributed by atoms with E-state index in [2.05, 4.69) is 13.8 Å². The molecule has 1 aromatic rings. The Hall–Kier alpha value is -1.40. The number of hydrogen-bond donors (Lipinski definition) is 1. The van der Waals surface area contributed by atoms with Crippen molar-refractivity contribution in [2.75, 3.05) is 13.1 Å². The minimum Gasteiger partial charge on any atom is -0.339 e. The Bertz CT molecular complexity index is 550. The Morgan fingerprint density at radius 2 is 1.80 bits per heavy atom. The molecule has 1 amide bonds. The molecule has 0 aliphatic carbocycles. The van der Waals surface area contributed by atoms with Crippen LogP contribution in [0.25, 0.3) is 0 Å². The van der Waals surface area contributed by atoms with E-state index in [-0.39, 0.29) is 11.7 Å². The first-order valence-electron chi connectivity index (χ1n) is 6.61. The first-order chi connectivity index (χ1) is 9.23. The monoisotopic (exact) mass is 298 g/mol. The topological polar surface area (TPSA) is 80.5 Å². The molecule has 5 nitrogen and oxygen atoms in total. The molecule has 6 heteroatoms. The molecule has 0 atom stereocenters. The average molecular weight is 298 g/mol. The maximum absolute atomic E-state index is 12.3. The van der Waals surface area contributed by atoms with Gasteiger partial charge in [0.05, 0.1) is 5.75 Å². The first-order valence-corrected chi connectivity index (χ1v) is 8.33. The van der Waals surface area contributed by atoms with Crippen LogP contribution in [0.15, 0.2) is 24.3 Å². The van der Waals surface area contributed by atoms with Crippen LogP contribution in [0.2, 0.25) is 0 Å². The second-order valence-electron chi connectivity index (χ2n) is 5.24. The summed E-state index contributed by atoms with van der Waals surface area (Å²) in [6.45, 7) is 7.41. The van der Waals surface area contributed by atoms with Gasteiger partial charge < -0.3 is 4.90 Å². The van der Waals surface area contributed by atoms with Crippen LogP contribution in [0.5, 0.6) is 0 Å². The molecule has 0 heterocycles. The molecule has 0 spiro atoms. The van der Waals surface area contributed by atoms with E-state index in [0.29, 0.717) is 30.1 Å². The van der Waals surface area contributed by atoms with Crippen molar-refractivity contribution in [2.24, 2.45) is 11.1 Å². The van der Waals surface area contributed by atoms with E-state index in [1.54, 1.807) is 29.2 Å². The van der Waals surface area contributed by atoms with Crippen LogP contribution in [0.4, 0.5) is 0 Å². The molecule has 2 N–H and O–H groups in total. The fourth-order valence-electron chi connectivity index (χ4n) is 1.95. The summed E-state index contributed by atoms with van der Waals surface area (Å²) in [5.74, 6) is 0.147. The van der Waals surface area contributed by atoms with E-state index in [0.717, 1.165) is 0 Å². The molecular weight excluding hydrogens is 276 g/mol. The van der Waals surface area contributed by atoms with E-state index in [1.807, 2.05) is 6.92 Å². The molecule has 0 saturated heterocycles.